The maximum Gasteiger partial charge on any atom is 0.255 e. The van der Waals surface area contributed by atoms with Crippen LogP contribution in [-0.2, 0) is 6.54 Å². The van der Waals surface area contributed by atoms with E-state index >= 15 is 0 Å². The molecule has 2 aromatic rings. The minimum absolute atomic E-state index is 0.119. The summed E-state index contributed by atoms with van der Waals surface area (Å²) in [5.74, 6) is 0.473. The summed E-state index contributed by atoms with van der Waals surface area (Å²) in [4.78, 5) is 14.7. The Morgan fingerprint density at radius 1 is 1.09 bits per heavy atom. The van der Waals surface area contributed by atoms with E-state index in [4.69, 9.17) is 4.74 Å². The van der Waals surface area contributed by atoms with Gasteiger partial charge in [0.2, 0.25) is 0 Å². The van der Waals surface area contributed by atoms with E-state index in [1.807, 2.05) is 12.1 Å². The number of methoxy groups -OCH3 is 1. The van der Waals surface area contributed by atoms with E-state index < -0.39 is 0 Å². The molecule has 0 aromatic heterocycles. The molecule has 0 unspecified atom stereocenters. The number of amides is 1. The molecular weight excluding hydrogens is 288 g/mol. The van der Waals surface area contributed by atoms with Gasteiger partial charge in [0.05, 0.1) is 12.7 Å². The first-order valence-corrected chi connectivity index (χ1v) is 8.03. The van der Waals surface area contributed by atoms with Gasteiger partial charge in [-0.05, 0) is 42.7 Å². The molecule has 2 aromatic carbocycles. The Morgan fingerprint density at radius 3 is 2.48 bits per heavy atom. The van der Waals surface area contributed by atoms with Crippen LogP contribution in [0.15, 0.2) is 48.5 Å². The molecule has 0 spiro atoms. The Morgan fingerprint density at radius 2 is 1.78 bits per heavy atom. The fourth-order valence-electron chi connectivity index (χ4n) is 2.91. The minimum atomic E-state index is -0.119. The van der Waals surface area contributed by atoms with E-state index in [1.165, 1.54) is 18.5 Å². The van der Waals surface area contributed by atoms with Gasteiger partial charge in [-0.2, -0.15) is 0 Å². The van der Waals surface area contributed by atoms with Crippen LogP contribution in [0.2, 0.25) is 0 Å². The predicted octanol–water partition coefficient (Wildman–Crippen LogP) is 3.23. The zero-order chi connectivity index (χ0) is 16.1. The highest BCUT2D eigenvalue weighted by Crippen LogP contribution is 2.21. The number of nitrogens with zero attached hydrogens (tertiary/aromatic N) is 1. The largest absolute Gasteiger partial charge is 0.496 e. The molecule has 0 bridgehead atoms. The Hall–Kier alpha value is -2.49. The maximum atomic E-state index is 12.3. The third-order valence-corrected chi connectivity index (χ3v) is 4.21. The van der Waals surface area contributed by atoms with Crippen molar-refractivity contribution in [1.82, 2.24) is 5.32 Å². The van der Waals surface area contributed by atoms with Gasteiger partial charge < -0.3 is 15.0 Å². The molecule has 3 rings (SSSR count). The van der Waals surface area contributed by atoms with Gasteiger partial charge in [0, 0.05) is 25.3 Å². The zero-order valence-corrected chi connectivity index (χ0v) is 13.4. The highest BCUT2D eigenvalue weighted by Gasteiger charge is 2.13. The molecule has 0 atom stereocenters. The number of carbonyl (C=O) groups excluding carboxylic acids is 1. The zero-order valence-electron chi connectivity index (χ0n) is 13.4. The van der Waals surface area contributed by atoms with Crippen LogP contribution in [0.1, 0.15) is 28.8 Å². The van der Waals surface area contributed by atoms with Gasteiger partial charge >= 0.3 is 0 Å². The molecule has 1 aliphatic heterocycles. The lowest BCUT2D eigenvalue weighted by molar-refractivity contribution is 0.0948. The molecule has 0 saturated carbocycles. The number of carbonyl (C=O) groups is 1. The molecule has 4 nitrogen and oxygen atoms in total. The molecule has 0 radical (unpaired) electrons. The Kier molecular flexibility index (Phi) is 4.81. The van der Waals surface area contributed by atoms with Crippen LogP contribution < -0.4 is 15.0 Å². The van der Waals surface area contributed by atoms with Crippen LogP contribution >= 0.6 is 0 Å². The number of rotatable bonds is 5. The summed E-state index contributed by atoms with van der Waals surface area (Å²) in [5.41, 5.74) is 2.92. The monoisotopic (exact) mass is 310 g/mol. The topological polar surface area (TPSA) is 41.6 Å². The second kappa shape index (κ2) is 7.18. The van der Waals surface area contributed by atoms with Crippen molar-refractivity contribution >= 4 is 11.6 Å². The number of hydrogen-bond donors (Lipinski definition) is 1. The number of ether oxygens (including phenoxy) is 1. The van der Waals surface area contributed by atoms with Crippen molar-refractivity contribution < 1.29 is 9.53 Å². The Labute approximate surface area is 137 Å². The van der Waals surface area contributed by atoms with Crippen LogP contribution in [0.25, 0.3) is 0 Å². The molecule has 1 saturated heterocycles. The van der Waals surface area contributed by atoms with Crippen LogP contribution in [-0.4, -0.2) is 26.1 Å². The smallest absolute Gasteiger partial charge is 0.255 e. The average molecular weight is 310 g/mol. The number of benzene rings is 2. The van der Waals surface area contributed by atoms with Crippen LogP contribution in [0, 0.1) is 0 Å². The molecule has 4 heteroatoms. The summed E-state index contributed by atoms with van der Waals surface area (Å²) in [6, 6.07) is 15.7. The summed E-state index contributed by atoms with van der Waals surface area (Å²) >= 11 is 0. The summed E-state index contributed by atoms with van der Waals surface area (Å²) < 4.78 is 5.22. The number of hydrogen-bond acceptors (Lipinski definition) is 3. The summed E-state index contributed by atoms with van der Waals surface area (Å²) in [7, 11) is 1.57. The molecule has 120 valence electrons. The summed E-state index contributed by atoms with van der Waals surface area (Å²) in [6.45, 7) is 2.80. The third kappa shape index (κ3) is 3.65. The molecule has 1 N–H and O–H groups in total. The number of para-hydroxylation sites is 1. The van der Waals surface area contributed by atoms with Crippen molar-refractivity contribution in [2.45, 2.75) is 19.4 Å². The van der Waals surface area contributed by atoms with Gasteiger partial charge in [0.1, 0.15) is 5.75 Å². The predicted molar refractivity (Wildman–Crippen MR) is 92.1 cm³/mol. The number of nitrogens with one attached hydrogen (secondary N) is 1. The van der Waals surface area contributed by atoms with Gasteiger partial charge in [-0.15, -0.1) is 0 Å². The fraction of sp³-hybridized carbons (Fsp3) is 0.316. The highest BCUT2D eigenvalue weighted by molar-refractivity contribution is 5.96. The standard InChI is InChI=1S/C19H22N2O2/c1-23-18-7-3-2-6-17(18)19(22)20-14-15-8-10-16(11-9-15)21-12-4-5-13-21/h2-3,6-11H,4-5,12-14H2,1H3,(H,20,22). The second-order valence-corrected chi connectivity index (χ2v) is 5.74. The molecule has 0 aliphatic carbocycles. The van der Waals surface area contributed by atoms with Crippen molar-refractivity contribution in [3.8, 4) is 5.75 Å². The van der Waals surface area contributed by atoms with Crippen molar-refractivity contribution in [2.75, 3.05) is 25.1 Å². The summed E-state index contributed by atoms with van der Waals surface area (Å²) in [6.07, 6.45) is 2.55. The van der Waals surface area contributed by atoms with E-state index in [0.29, 0.717) is 17.9 Å². The SMILES string of the molecule is COc1ccccc1C(=O)NCc1ccc(N2CCCC2)cc1. The Bertz CT molecular complexity index is 661. The molecule has 23 heavy (non-hydrogen) atoms. The van der Waals surface area contributed by atoms with E-state index in [2.05, 4.69) is 34.5 Å². The lowest BCUT2D eigenvalue weighted by Gasteiger charge is -2.17. The lowest BCUT2D eigenvalue weighted by Crippen LogP contribution is -2.23. The van der Waals surface area contributed by atoms with Crippen LogP contribution in [0.5, 0.6) is 5.75 Å². The molecule has 1 fully saturated rings. The van der Waals surface area contributed by atoms with Gasteiger partial charge in [-0.25, -0.2) is 0 Å². The van der Waals surface area contributed by atoms with Crippen LogP contribution in [0.3, 0.4) is 0 Å². The first kappa shape index (κ1) is 15.4. The first-order valence-electron chi connectivity index (χ1n) is 8.03. The number of anilines is 1. The quantitative estimate of drug-likeness (QED) is 0.922. The van der Waals surface area contributed by atoms with E-state index in [9.17, 15) is 4.79 Å². The van der Waals surface area contributed by atoms with E-state index in [-0.39, 0.29) is 5.91 Å². The average Bonchev–Trinajstić information content (AvgIpc) is 3.14. The van der Waals surface area contributed by atoms with Gasteiger partial charge in [0.25, 0.3) is 5.91 Å². The molecule has 1 heterocycles. The first-order chi connectivity index (χ1) is 11.3. The third-order valence-electron chi connectivity index (χ3n) is 4.21. The van der Waals surface area contributed by atoms with Crippen molar-refractivity contribution in [3.63, 3.8) is 0 Å². The molecular formula is C19H22N2O2. The lowest BCUT2D eigenvalue weighted by atomic mass is 10.1. The van der Waals surface area contributed by atoms with Crippen molar-refractivity contribution in [1.29, 1.82) is 0 Å². The normalized spacial score (nSPS) is 13.9. The minimum Gasteiger partial charge on any atom is -0.496 e. The van der Waals surface area contributed by atoms with E-state index in [1.54, 1.807) is 19.2 Å². The van der Waals surface area contributed by atoms with Crippen LogP contribution in [0.4, 0.5) is 5.69 Å². The van der Waals surface area contributed by atoms with Gasteiger partial charge in [0.15, 0.2) is 0 Å². The molecule has 1 aliphatic rings. The van der Waals surface area contributed by atoms with Gasteiger partial charge in [-0.1, -0.05) is 24.3 Å². The fourth-order valence-corrected chi connectivity index (χ4v) is 2.91. The second-order valence-electron chi connectivity index (χ2n) is 5.74. The Balaban J connectivity index is 1.60. The highest BCUT2D eigenvalue weighted by atomic mass is 16.5. The van der Waals surface area contributed by atoms with Crippen molar-refractivity contribution in [2.24, 2.45) is 0 Å². The van der Waals surface area contributed by atoms with Crippen molar-refractivity contribution in [3.05, 3.63) is 59.7 Å². The maximum absolute atomic E-state index is 12.3. The van der Waals surface area contributed by atoms with Gasteiger partial charge in [-0.3, -0.25) is 4.79 Å². The van der Waals surface area contributed by atoms with E-state index in [0.717, 1.165) is 18.7 Å². The molecule has 1 amide bonds. The summed E-state index contributed by atoms with van der Waals surface area (Å²) in [5, 5.41) is 2.95.